The number of hydrogen-bond donors (Lipinski definition) is 0. The Bertz CT molecular complexity index is 664. The van der Waals surface area contributed by atoms with Gasteiger partial charge in [0, 0.05) is 33.4 Å². The van der Waals surface area contributed by atoms with Crippen LogP contribution in [0.1, 0.15) is 38.5 Å². The molecular weight excluding hydrogens is 306 g/mol. The van der Waals surface area contributed by atoms with E-state index in [1.165, 1.54) is 0 Å². The number of aryl methyl sites for hydroxylation is 1. The van der Waals surface area contributed by atoms with Gasteiger partial charge in [0.05, 0.1) is 17.9 Å². The SMILES string of the molecule is CN1C(=O)N(C2CCCN(c3cnn(C)c3)C2)C(=O)C12CCCC2. The summed E-state index contributed by atoms with van der Waals surface area (Å²) in [5.74, 6) is 0.0329. The topological polar surface area (TPSA) is 61.7 Å². The lowest BCUT2D eigenvalue weighted by molar-refractivity contribution is -0.134. The van der Waals surface area contributed by atoms with Crippen LogP contribution in [-0.4, -0.2) is 63.2 Å². The Kier molecular flexibility index (Phi) is 3.54. The summed E-state index contributed by atoms with van der Waals surface area (Å²) in [4.78, 5) is 31.5. The quantitative estimate of drug-likeness (QED) is 0.772. The van der Waals surface area contributed by atoms with Gasteiger partial charge in [0.1, 0.15) is 5.54 Å². The number of imide groups is 1. The number of rotatable bonds is 2. The van der Waals surface area contributed by atoms with Crippen molar-refractivity contribution in [2.75, 3.05) is 25.0 Å². The number of amides is 3. The number of anilines is 1. The lowest BCUT2D eigenvalue weighted by Crippen LogP contribution is -2.51. The van der Waals surface area contributed by atoms with Crippen LogP contribution >= 0.6 is 0 Å². The van der Waals surface area contributed by atoms with E-state index in [0.717, 1.165) is 50.8 Å². The molecule has 1 spiro atoms. The smallest absolute Gasteiger partial charge is 0.327 e. The molecule has 3 aliphatic rings. The molecule has 1 aliphatic carbocycles. The number of nitrogens with zero attached hydrogens (tertiary/aromatic N) is 5. The van der Waals surface area contributed by atoms with Crippen LogP contribution in [0.15, 0.2) is 12.4 Å². The minimum absolute atomic E-state index is 0.0329. The second kappa shape index (κ2) is 5.50. The van der Waals surface area contributed by atoms with Crippen LogP contribution in [0.25, 0.3) is 0 Å². The summed E-state index contributed by atoms with van der Waals surface area (Å²) in [6.07, 6.45) is 9.38. The number of piperidine rings is 1. The molecule has 7 nitrogen and oxygen atoms in total. The second-order valence-corrected chi connectivity index (χ2v) is 7.37. The summed E-state index contributed by atoms with van der Waals surface area (Å²) >= 11 is 0. The number of carbonyl (C=O) groups is 2. The first kappa shape index (κ1) is 15.5. The fourth-order valence-corrected chi connectivity index (χ4v) is 4.60. The molecule has 0 radical (unpaired) electrons. The Hall–Kier alpha value is -2.05. The van der Waals surface area contributed by atoms with E-state index in [9.17, 15) is 9.59 Å². The van der Waals surface area contributed by atoms with Gasteiger partial charge in [-0.2, -0.15) is 5.10 Å². The highest BCUT2D eigenvalue weighted by Gasteiger charge is 2.58. The largest absolute Gasteiger partial charge is 0.367 e. The van der Waals surface area contributed by atoms with Gasteiger partial charge in [-0.15, -0.1) is 0 Å². The van der Waals surface area contributed by atoms with Crippen LogP contribution in [0, 0.1) is 0 Å². The predicted octanol–water partition coefficient (Wildman–Crippen LogP) is 1.60. The highest BCUT2D eigenvalue weighted by molar-refractivity contribution is 6.07. The van der Waals surface area contributed by atoms with Crippen molar-refractivity contribution in [1.29, 1.82) is 0 Å². The number of likely N-dealkylation sites (N-methyl/N-ethyl adjacent to an activating group) is 1. The lowest BCUT2D eigenvalue weighted by atomic mass is 9.95. The summed E-state index contributed by atoms with van der Waals surface area (Å²) in [5.41, 5.74) is 0.499. The van der Waals surface area contributed by atoms with Crippen LogP contribution < -0.4 is 4.90 Å². The van der Waals surface area contributed by atoms with Crippen molar-refractivity contribution in [3.63, 3.8) is 0 Å². The zero-order valence-electron chi connectivity index (χ0n) is 14.4. The van der Waals surface area contributed by atoms with Gasteiger partial charge in [-0.3, -0.25) is 14.4 Å². The molecule has 1 aromatic rings. The molecule has 1 unspecified atom stereocenters. The lowest BCUT2D eigenvalue weighted by Gasteiger charge is -2.37. The van der Waals surface area contributed by atoms with Crippen LogP contribution in [0.3, 0.4) is 0 Å². The Morgan fingerprint density at radius 3 is 2.58 bits per heavy atom. The molecule has 3 heterocycles. The standard InChI is InChI=1S/C17H25N5O2/c1-19-11-14(10-18-19)21-9-5-6-13(12-21)22-15(23)17(7-3-4-8-17)20(2)16(22)24/h10-11,13H,3-9,12H2,1-2H3. The molecule has 2 aliphatic heterocycles. The minimum atomic E-state index is -0.562. The molecule has 2 saturated heterocycles. The van der Waals surface area contributed by atoms with Gasteiger partial charge in [-0.25, -0.2) is 4.79 Å². The molecule has 1 aromatic heterocycles. The summed E-state index contributed by atoms with van der Waals surface area (Å²) in [6.45, 7) is 1.65. The molecule has 4 rings (SSSR count). The third-order valence-corrected chi connectivity index (χ3v) is 6.00. The maximum Gasteiger partial charge on any atom is 0.327 e. The molecule has 24 heavy (non-hydrogen) atoms. The maximum atomic E-state index is 13.1. The fraction of sp³-hybridized carbons (Fsp3) is 0.706. The molecular formula is C17H25N5O2. The van der Waals surface area contributed by atoms with E-state index in [4.69, 9.17) is 0 Å². The zero-order valence-corrected chi connectivity index (χ0v) is 14.4. The first-order valence-corrected chi connectivity index (χ1v) is 8.88. The van der Waals surface area contributed by atoms with Crippen LogP contribution in [-0.2, 0) is 11.8 Å². The highest BCUT2D eigenvalue weighted by Crippen LogP contribution is 2.42. The van der Waals surface area contributed by atoms with Gasteiger partial charge in [-0.05, 0) is 25.7 Å². The van der Waals surface area contributed by atoms with Crippen LogP contribution in [0.5, 0.6) is 0 Å². The molecule has 1 atom stereocenters. The average Bonchev–Trinajstić information content (AvgIpc) is 3.27. The molecule has 0 aromatic carbocycles. The minimum Gasteiger partial charge on any atom is -0.367 e. The van der Waals surface area contributed by atoms with Gasteiger partial charge in [0.2, 0.25) is 0 Å². The Labute approximate surface area is 142 Å². The van der Waals surface area contributed by atoms with E-state index >= 15 is 0 Å². The summed E-state index contributed by atoms with van der Waals surface area (Å²) in [6, 6.07) is -0.152. The van der Waals surface area contributed by atoms with Crippen molar-refractivity contribution in [2.45, 2.75) is 50.1 Å². The van der Waals surface area contributed by atoms with Gasteiger partial charge in [-0.1, -0.05) is 12.8 Å². The number of aromatic nitrogens is 2. The van der Waals surface area contributed by atoms with E-state index in [-0.39, 0.29) is 18.0 Å². The van der Waals surface area contributed by atoms with Crippen molar-refractivity contribution < 1.29 is 9.59 Å². The van der Waals surface area contributed by atoms with Crippen LogP contribution in [0.2, 0.25) is 0 Å². The van der Waals surface area contributed by atoms with Gasteiger partial charge in [0.15, 0.2) is 0 Å². The Morgan fingerprint density at radius 1 is 1.17 bits per heavy atom. The van der Waals surface area contributed by atoms with Crippen molar-refractivity contribution in [3.8, 4) is 0 Å². The van der Waals surface area contributed by atoms with Gasteiger partial charge < -0.3 is 9.80 Å². The van der Waals surface area contributed by atoms with E-state index in [1.54, 1.807) is 21.5 Å². The monoisotopic (exact) mass is 331 g/mol. The number of urea groups is 1. The first-order chi connectivity index (χ1) is 11.5. The third kappa shape index (κ3) is 2.13. The fourth-order valence-electron chi connectivity index (χ4n) is 4.60. The summed E-state index contributed by atoms with van der Waals surface area (Å²) < 4.78 is 1.78. The van der Waals surface area contributed by atoms with Crippen molar-refractivity contribution in [3.05, 3.63) is 12.4 Å². The Balaban J connectivity index is 1.56. The molecule has 7 heteroatoms. The van der Waals surface area contributed by atoms with E-state index in [2.05, 4.69) is 10.00 Å². The zero-order chi connectivity index (χ0) is 16.9. The van der Waals surface area contributed by atoms with E-state index < -0.39 is 5.54 Å². The third-order valence-electron chi connectivity index (χ3n) is 6.00. The molecule has 1 saturated carbocycles. The van der Waals surface area contributed by atoms with Gasteiger partial charge in [0.25, 0.3) is 5.91 Å². The molecule has 130 valence electrons. The van der Waals surface area contributed by atoms with Crippen molar-refractivity contribution in [2.24, 2.45) is 7.05 Å². The molecule has 0 bridgehead atoms. The predicted molar refractivity (Wildman–Crippen MR) is 89.6 cm³/mol. The van der Waals surface area contributed by atoms with Crippen LogP contribution in [0.4, 0.5) is 10.5 Å². The van der Waals surface area contributed by atoms with E-state index in [1.807, 2.05) is 19.4 Å². The first-order valence-electron chi connectivity index (χ1n) is 8.88. The molecule has 3 fully saturated rings. The van der Waals surface area contributed by atoms with Gasteiger partial charge >= 0.3 is 6.03 Å². The molecule has 3 amide bonds. The van der Waals surface area contributed by atoms with E-state index in [0.29, 0.717) is 6.54 Å². The van der Waals surface area contributed by atoms with Crippen molar-refractivity contribution in [1.82, 2.24) is 19.6 Å². The normalized spacial score (nSPS) is 26.9. The highest BCUT2D eigenvalue weighted by atomic mass is 16.2. The summed E-state index contributed by atoms with van der Waals surface area (Å²) in [7, 11) is 3.70. The maximum absolute atomic E-state index is 13.1. The number of carbonyl (C=O) groups excluding carboxylic acids is 2. The summed E-state index contributed by atoms with van der Waals surface area (Å²) in [5, 5.41) is 4.23. The number of hydrogen-bond acceptors (Lipinski definition) is 4. The molecule has 0 N–H and O–H groups in total. The average molecular weight is 331 g/mol. The van der Waals surface area contributed by atoms with Crippen molar-refractivity contribution >= 4 is 17.6 Å². The second-order valence-electron chi connectivity index (χ2n) is 7.37. The Morgan fingerprint density at radius 2 is 1.92 bits per heavy atom.